The number of pyridine rings is 2. The number of hydrogen-bond donors (Lipinski definition) is 0. The molecular weight excluding hydrogens is 512 g/mol. The number of methoxy groups -OCH3 is 1. The molecule has 2 aliphatic rings. The molecule has 0 spiro atoms. The molecule has 0 N–H and O–H groups in total. The second kappa shape index (κ2) is 11.8. The van der Waals surface area contributed by atoms with Gasteiger partial charge in [-0.3, -0.25) is 9.78 Å². The monoisotopic (exact) mass is 544 g/mol. The summed E-state index contributed by atoms with van der Waals surface area (Å²) >= 11 is 3.69. The van der Waals surface area contributed by atoms with E-state index in [2.05, 4.69) is 27.0 Å². The van der Waals surface area contributed by atoms with Crippen LogP contribution in [0.4, 0.5) is 4.79 Å². The molecule has 8 nitrogen and oxygen atoms in total. The second-order valence-corrected chi connectivity index (χ2v) is 9.81. The molecule has 1 fully saturated rings. The molecule has 2 aromatic rings. The lowest BCUT2D eigenvalue weighted by Gasteiger charge is -2.27. The summed E-state index contributed by atoms with van der Waals surface area (Å²) in [7, 11) is 1.55. The van der Waals surface area contributed by atoms with Gasteiger partial charge < -0.3 is 19.3 Å². The van der Waals surface area contributed by atoms with Gasteiger partial charge in [0.1, 0.15) is 0 Å². The highest BCUT2D eigenvalue weighted by Crippen LogP contribution is 2.30. The minimum absolute atomic E-state index is 0.0624. The van der Waals surface area contributed by atoms with Crippen LogP contribution in [0.1, 0.15) is 61.2 Å². The normalized spacial score (nSPS) is 16.3. The quantitative estimate of drug-likeness (QED) is 0.409. The Morgan fingerprint density at radius 1 is 1.23 bits per heavy atom. The van der Waals surface area contributed by atoms with Gasteiger partial charge in [0.15, 0.2) is 0 Å². The number of ether oxygens (including phenoxy) is 2. The number of carbonyl (C=O) groups is 2. The number of fused-ring (bicyclic) bond motifs is 1. The number of halogens is 1. The van der Waals surface area contributed by atoms with Gasteiger partial charge in [-0.15, -0.1) is 0 Å². The molecule has 1 aliphatic heterocycles. The Labute approximate surface area is 215 Å². The van der Waals surface area contributed by atoms with Crippen molar-refractivity contribution >= 4 is 27.9 Å². The Hall–Kier alpha value is -2.68. The van der Waals surface area contributed by atoms with Crippen LogP contribution < -0.4 is 4.74 Å². The molecule has 0 radical (unpaired) electrons. The molecule has 0 unspecified atom stereocenters. The van der Waals surface area contributed by atoms with Gasteiger partial charge in [0.2, 0.25) is 5.88 Å². The van der Waals surface area contributed by atoms with Crippen LogP contribution in [0.15, 0.2) is 28.9 Å². The first-order valence-electron chi connectivity index (χ1n) is 12.4. The topological polar surface area (TPSA) is 84.9 Å². The number of carbonyl (C=O) groups excluding carboxylic acids is 2. The third-order valence-electron chi connectivity index (χ3n) is 6.69. The van der Waals surface area contributed by atoms with Crippen molar-refractivity contribution in [3.63, 3.8) is 0 Å². The number of rotatable bonds is 10. The number of aryl methyl sites for hydroxylation is 3. The third-order valence-corrected chi connectivity index (χ3v) is 7.38. The summed E-state index contributed by atoms with van der Waals surface area (Å²) in [5.41, 5.74) is 4.44. The van der Waals surface area contributed by atoms with Crippen molar-refractivity contribution < 1.29 is 19.1 Å². The number of amides is 2. The molecule has 0 bridgehead atoms. The van der Waals surface area contributed by atoms with Crippen molar-refractivity contribution in [1.82, 2.24) is 19.8 Å². The number of esters is 1. The summed E-state index contributed by atoms with van der Waals surface area (Å²) in [4.78, 5) is 38.4. The van der Waals surface area contributed by atoms with E-state index in [1.807, 2.05) is 11.0 Å². The van der Waals surface area contributed by atoms with Gasteiger partial charge >= 0.3 is 12.0 Å². The van der Waals surface area contributed by atoms with Gasteiger partial charge in [-0.05, 0) is 78.6 Å². The lowest BCUT2D eigenvalue weighted by Crippen LogP contribution is -2.36. The van der Waals surface area contributed by atoms with Crippen molar-refractivity contribution in [2.24, 2.45) is 0 Å². The van der Waals surface area contributed by atoms with E-state index in [4.69, 9.17) is 14.5 Å². The fraction of sp³-hybridized carbons (Fsp3) is 0.538. The van der Waals surface area contributed by atoms with Gasteiger partial charge in [0, 0.05) is 42.1 Å². The Kier molecular flexibility index (Phi) is 8.59. The SMILES string of the molecule is CCOC(=O)C[C@@H](c1ccc(OC)nc1)N1CCN(CCCc2nc3c(cc2Br)CCCC3)C1=O. The predicted molar refractivity (Wildman–Crippen MR) is 135 cm³/mol. The molecule has 35 heavy (non-hydrogen) atoms. The van der Waals surface area contributed by atoms with Crippen LogP contribution in [0, 0.1) is 0 Å². The summed E-state index contributed by atoms with van der Waals surface area (Å²) < 4.78 is 11.4. The maximum Gasteiger partial charge on any atom is 0.320 e. The van der Waals surface area contributed by atoms with Gasteiger partial charge in [-0.1, -0.05) is 6.07 Å². The summed E-state index contributed by atoms with van der Waals surface area (Å²) in [6.45, 7) is 3.91. The average molecular weight is 545 g/mol. The molecule has 188 valence electrons. The minimum Gasteiger partial charge on any atom is -0.481 e. The van der Waals surface area contributed by atoms with Crippen LogP contribution in [-0.4, -0.2) is 65.1 Å². The first-order chi connectivity index (χ1) is 17.0. The molecule has 1 atom stereocenters. The zero-order valence-electron chi connectivity index (χ0n) is 20.5. The van der Waals surface area contributed by atoms with Gasteiger partial charge in [0.25, 0.3) is 0 Å². The Morgan fingerprint density at radius 2 is 2.06 bits per heavy atom. The largest absolute Gasteiger partial charge is 0.481 e. The van der Waals surface area contributed by atoms with Crippen LogP contribution in [0.3, 0.4) is 0 Å². The average Bonchev–Trinajstić information content (AvgIpc) is 3.23. The van der Waals surface area contributed by atoms with Crippen LogP contribution in [0.5, 0.6) is 5.88 Å². The number of hydrogen-bond acceptors (Lipinski definition) is 6. The standard InChI is InChI=1S/C26H33BrN4O4/c1-3-35-25(32)16-23(19-10-11-24(34-2)28-17-19)31-14-13-30(26(31)33)12-6-9-22-20(27)15-18-7-4-5-8-21(18)29-22/h10-11,15,17,23H,3-9,12-14,16H2,1-2H3/t23-/m0/s1. The van der Waals surface area contributed by atoms with E-state index in [0.29, 0.717) is 32.1 Å². The first-order valence-corrected chi connectivity index (χ1v) is 13.2. The Morgan fingerprint density at radius 3 is 2.80 bits per heavy atom. The van der Waals surface area contributed by atoms with E-state index in [1.165, 1.54) is 24.1 Å². The number of nitrogens with zero attached hydrogens (tertiary/aromatic N) is 4. The van der Waals surface area contributed by atoms with Crippen LogP contribution in [-0.2, 0) is 28.8 Å². The summed E-state index contributed by atoms with van der Waals surface area (Å²) in [6, 6.07) is 5.33. The van der Waals surface area contributed by atoms with E-state index in [9.17, 15) is 9.59 Å². The lowest BCUT2D eigenvalue weighted by atomic mass is 9.95. The minimum atomic E-state index is -0.429. The first kappa shape index (κ1) is 25.4. The molecule has 9 heteroatoms. The summed E-state index contributed by atoms with van der Waals surface area (Å²) in [5, 5.41) is 0. The smallest absolute Gasteiger partial charge is 0.320 e. The molecule has 0 aromatic carbocycles. The molecular formula is C26H33BrN4O4. The zero-order valence-corrected chi connectivity index (χ0v) is 22.1. The number of urea groups is 1. The van der Waals surface area contributed by atoms with E-state index in [1.54, 1.807) is 31.2 Å². The summed E-state index contributed by atoms with van der Waals surface area (Å²) in [6.07, 6.45) is 8.00. The van der Waals surface area contributed by atoms with Crippen LogP contribution in [0.25, 0.3) is 0 Å². The Bertz CT molecular complexity index is 1050. The zero-order chi connectivity index (χ0) is 24.8. The van der Waals surface area contributed by atoms with Crippen molar-refractivity contribution in [2.45, 2.75) is 57.9 Å². The Balaban J connectivity index is 1.40. The van der Waals surface area contributed by atoms with Crippen molar-refractivity contribution in [3.05, 3.63) is 51.4 Å². The van der Waals surface area contributed by atoms with Gasteiger partial charge in [-0.2, -0.15) is 0 Å². The summed E-state index contributed by atoms with van der Waals surface area (Å²) in [5.74, 6) is 0.155. The maximum atomic E-state index is 13.3. The maximum absolute atomic E-state index is 13.3. The highest BCUT2D eigenvalue weighted by Gasteiger charge is 2.35. The van der Waals surface area contributed by atoms with Gasteiger partial charge in [-0.25, -0.2) is 9.78 Å². The van der Waals surface area contributed by atoms with Crippen molar-refractivity contribution in [2.75, 3.05) is 33.4 Å². The predicted octanol–water partition coefficient (Wildman–Crippen LogP) is 4.49. The van der Waals surface area contributed by atoms with Crippen molar-refractivity contribution in [1.29, 1.82) is 0 Å². The fourth-order valence-corrected chi connectivity index (χ4v) is 5.42. The molecule has 0 saturated carbocycles. The van der Waals surface area contributed by atoms with Crippen LogP contribution in [0.2, 0.25) is 0 Å². The highest BCUT2D eigenvalue weighted by molar-refractivity contribution is 9.10. The molecule has 1 aliphatic carbocycles. The number of aromatic nitrogens is 2. The highest BCUT2D eigenvalue weighted by atomic mass is 79.9. The van der Waals surface area contributed by atoms with E-state index >= 15 is 0 Å². The van der Waals surface area contributed by atoms with Gasteiger partial charge in [0.05, 0.1) is 31.9 Å². The second-order valence-electron chi connectivity index (χ2n) is 8.96. The fourth-order valence-electron chi connectivity index (χ4n) is 4.85. The van der Waals surface area contributed by atoms with Crippen molar-refractivity contribution in [3.8, 4) is 5.88 Å². The molecule has 4 rings (SSSR count). The van der Waals surface area contributed by atoms with Crippen LogP contribution >= 0.6 is 15.9 Å². The molecule has 2 amide bonds. The lowest BCUT2D eigenvalue weighted by molar-refractivity contribution is -0.144. The van der Waals surface area contributed by atoms with E-state index in [0.717, 1.165) is 41.4 Å². The third kappa shape index (κ3) is 6.12. The molecule has 3 heterocycles. The molecule has 2 aromatic heterocycles. The van der Waals surface area contributed by atoms with E-state index < -0.39 is 6.04 Å². The molecule has 1 saturated heterocycles. The van der Waals surface area contributed by atoms with E-state index in [-0.39, 0.29) is 18.4 Å².